The molecule has 2 aliphatic rings. The average Bonchev–Trinajstić information content (AvgIpc) is 3.08. The van der Waals surface area contributed by atoms with Crippen LogP contribution >= 0.6 is 33.9 Å². The summed E-state index contributed by atoms with van der Waals surface area (Å²) in [6.07, 6.45) is 2.12. The van der Waals surface area contributed by atoms with Crippen LogP contribution in [0.3, 0.4) is 0 Å². The van der Waals surface area contributed by atoms with Crippen molar-refractivity contribution in [2.75, 3.05) is 4.90 Å². The lowest BCUT2D eigenvalue weighted by atomic mass is 9.78. The molecule has 136 valence electrons. The minimum absolute atomic E-state index is 0.128. The molecule has 1 aromatic carbocycles. The molecule has 0 saturated heterocycles. The van der Waals surface area contributed by atoms with Gasteiger partial charge in [-0.2, -0.15) is 5.26 Å². The predicted molar refractivity (Wildman–Crippen MR) is 116 cm³/mol. The first-order valence-electron chi connectivity index (χ1n) is 8.79. The number of carbonyl (C=O) groups is 1. The number of allylic oxidation sites excluding steroid dienone is 3. The third-order valence-corrected chi connectivity index (χ3v) is 6.83. The highest BCUT2D eigenvalue weighted by molar-refractivity contribution is 14.1. The van der Waals surface area contributed by atoms with E-state index in [-0.39, 0.29) is 11.7 Å². The summed E-state index contributed by atoms with van der Waals surface area (Å²) in [6, 6.07) is 14.4. The quantitative estimate of drug-likeness (QED) is 0.608. The van der Waals surface area contributed by atoms with Gasteiger partial charge in [-0.1, -0.05) is 0 Å². The normalized spacial score (nSPS) is 20.0. The molecule has 4 rings (SSSR count). The Hall–Kier alpha value is -2.11. The summed E-state index contributed by atoms with van der Waals surface area (Å²) in [5, 5.41) is 9.94. The Morgan fingerprint density at radius 3 is 2.59 bits per heavy atom. The molecule has 0 radical (unpaired) electrons. The van der Waals surface area contributed by atoms with Gasteiger partial charge in [-0.25, -0.2) is 0 Å². The van der Waals surface area contributed by atoms with Gasteiger partial charge in [0, 0.05) is 36.7 Å². The Morgan fingerprint density at radius 1 is 1.22 bits per heavy atom. The van der Waals surface area contributed by atoms with E-state index in [1.165, 1.54) is 0 Å². The van der Waals surface area contributed by atoms with Gasteiger partial charge >= 0.3 is 0 Å². The fourth-order valence-corrected chi connectivity index (χ4v) is 5.22. The zero-order valence-electron chi connectivity index (χ0n) is 14.8. The molecule has 27 heavy (non-hydrogen) atoms. The minimum Gasteiger partial charge on any atom is -0.384 e. The number of nitriles is 1. The van der Waals surface area contributed by atoms with Crippen LogP contribution in [0.5, 0.6) is 0 Å². The number of carbonyl (C=O) groups excluding carboxylic acids is 1. The van der Waals surface area contributed by atoms with Crippen molar-refractivity contribution in [1.29, 1.82) is 5.26 Å². The molecule has 0 amide bonds. The van der Waals surface area contributed by atoms with E-state index in [9.17, 15) is 10.1 Å². The third kappa shape index (κ3) is 3.09. The molecule has 0 bridgehead atoms. The van der Waals surface area contributed by atoms with Crippen LogP contribution in [0.2, 0.25) is 0 Å². The number of Topliss-reactive ketones (excluding diaryl/α,β-unsaturated/α-hetero) is 1. The minimum atomic E-state index is -0.350. The van der Waals surface area contributed by atoms with E-state index in [0.29, 0.717) is 17.8 Å². The van der Waals surface area contributed by atoms with E-state index in [1.807, 2.05) is 48.2 Å². The van der Waals surface area contributed by atoms with Crippen LogP contribution in [0.25, 0.3) is 0 Å². The van der Waals surface area contributed by atoms with E-state index in [0.717, 1.165) is 43.1 Å². The molecule has 2 N–H and O–H groups in total. The van der Waals surface area contributed by atoms with Gasteiger partial charge in [-0.05, 0) is 78.8 Å². The van der Waals surface area contributed by atoms with Crippen LogP contribution in [0.4, 0.5) is 5.69 Å². The van der Waals surface area contributed by atoms with E-state index in [4.69, 9.17) is 5.73 Å². The summed E-state index contributed by atoms with van der Waals surface area (Å²) in [4.78, 5) is 17.0. The molecular weight excluding hydrogens is 469 g/mol. The zero-order valence-corrected chi connectivity index (χ0v) is 17.8. The number of ketones is 1. The highest BCUT2D eigenvalue weighted by Gasteiger charge is 2.40. The second-order valence-electron chi connectivity index (χ2n) is 6.74. The number of aryl methyl sites for hydroxylation is 1. The van der Waals surface area contributed by atoms with Crippen LogP contribution in [-0.4, -0.2) is 5.78 Å². The number of nitrogens with zero attached hydrogens (tertiary/aromatic N) is 2. The molecule has 2 heterocycles. The van der Waals surface area contributed by atoms with Gasteiger partial charge in [0.15, 0.2) is 5.78 Å². The Labute approximate surface area is 176 Å². The summed E-state index contributed by atoms with van der Waals surface area (Å²) in [7, 11) is 0. The lowest BCUT2D eigenvalue weighted by molar-refractivity contribution is -0.116. The van der Waals surface area contributed by atoms with Crippen LogP contribution in [0.15, 0.2) is 59.1 Å². The monoisotopic (exact) mass is 487 g/mol. The van der Waals surface area contributed by atoms with Gasteiger partial charge < -0.3 is 5.73 Å². The maximum absolute atomic E-state index is 13.0. The van der Waals surface area contributed by atoms with E-state index < -0.39 is 0 Å². The number of hydrogen-bond acceptors (Lipinski definition) is 5. The van der Waals surface area contributed by atoms with Gasteiger partial charge in [-0.15, -0.1) is 11.3 Å². The van der Waals surface area contributed by atoms with Crippen LogP contribution in [-0.2, 0) is 4.79 Å². The van der Waals surface area contributed by atoms with Gasteiger partial charge in [0.05, 0.1) is 17.6 Å². The largest absolute Gasteiger partial charge is 0.384 e. The lowest BCUT2D eigenvalue weighted by Gasteiger charge is -2.39. The van der Waals surface area contributed by atoms with E-state index in [1.54, 1.807) is 11.3 Å². The number of benzene rings is 1. The lowest BCUT2D eigenvalue weighted by Crippen LogP contribution is -2.38. The predicted octanol–water partition coefficient (Wildman–Crippen LogP) is 4.97. The second kappa shape index (κ2) is 7.13. The van der Waals surface area contributed by atoms with E-state index >= 15 is 0 Å². The van der Waals surface area contributed by atoms with Crippen molar-refractivity contribution < 1.29 is 4.79 Å². The van der Waals surface area contributed by atoms with Gasteiger partial charge in [0.2, 0.25) is 0 Å². The maximum atomic E-state index is 13.0. The van der Waals surface area contributed by atoms with Crippen LogP contribution < -0.4 is 10.6 Å². The van der Waals surface area contributed by atoms with Crippen molar-refractivity contribution in [3.05, 3.63) is 72.4 Å². The van der Waals surface area contributed by atoms with Crippen molar-refractivity contribution in [3.63, 3.8) is 0 Å². The molecule has 0 saturated carbocycles. The Bertz CT molecular complexity index is 1030. The summed E-state index contributed by atoms with van der Waals surface area (Å²) in [5.41, 5.74) is 9.57. The molecule has 1 unspecified atom stereocenters. The maximum Gasteiger partial charge on any atom is 0.161 e. The molecule has 1 aromatic heterocycles. The van der Waals surface area contributed by atoms with Crippen LogP contribution in [0, 0.1) is 21.8 Å². The van der Waals surface area contributed by atoms with Gasteiger partial charge in [0.25, 0.3) is 0 Å². The van der Waals surface area contributed by atoms with E-state index in [2.05, 4.69) is 28.7 Å². The van der Waals surface area contributed by atoms with Crippen molar-refractivity contribution >= 4 is 45.4 Å². The molecule has 1 atom stereocenters. The second-order valence-corrected chi connectivity index (χ2v) is 9.31. The number of halogens is 1. The molecule has 0 fully saturated rings. The number of thiophene rings is 1. The third-order valence-electron chi connectivity index (χ3n) is 5.04. The average molecular weight is 487 g/mol. The standard InChI is InChI=1S/C21H18IN3OS/c1-12-5-10-18(27-12)19-15(11-23)21(24)25(14-8-6-13(22)7-9-14)16-3-2-4-17(26)20(16)19/h5-10,19H,2-4,24H2,1H3. The number of nitrogens with two attached hydrogens (primary N) is 1. The Morgan fingerprint density at radius 2 is 1.96 bits per heavy atom. The molecule has 1 aliphatic heterocycles. The Balaban J connectivity index is 1.96. The molecule has 0 spiro atoms. The highest BCUT2D eigenvalue weighted by atomic mass is 127. The smallest absolute Gasteiger partial charge is 0.161 e. The van der Waals surface area contributed by atoms with Crippen molar-refractivity contribution in [2.45, 2.75) is 32.1 Å². The zero-order chi connectivity index (χ0) is 19.1. The van der Waals surface area contributed by atoms with Gasteiger partial charge in [-0.3, -0.25) is 9.69 Å². The van der Waals surface area contributed by atoms with Crippen molar-refractivity contribution in [2.24, 2.45) is 5.73 Å². The molecule has 1 aliphatic carbocycles. The first-order valence-corrected chi connectivity index (χ1v) is 10.7. The van der Waals surface area contributed by atoms with Crippen molar-refractivity contribution in [1.82, 2.24) is 0 Å². The molecular formula is C21H18IN3OS. The Kier molecular flexibility index (Phi) is 4.82. The van der Waals surface area contributed by atoms with Crippen molar-refractivity contribution in [3.8, 4) is 6.07 Å². The topological polar surface area (TPSA) is 70.1 Å². The fourth-order valence-electron chi connectivity index (χ4n) is 3.86. The summed E-state index contributed by atoms with van der Waals surface area (Å²) in [6.45, 7) is 2.03. The molecule has 4 nitrogen and oxygen atoms in total. The SMILES string of the molecule is Cc1ccc(C2C(C#N)=C(N)N(c3ccc(I)cc3)C3=C2C(=O)CCC3)s1. The first kappa shape index (κ1) is 18.3. The number of anilines is 1. The highest BCUT2D eigenvalue weighted by Crippen LogP contribution is 2.47. The molecule has 6 heteroatoms. The summed E-state index contributed by atoms with van der Waals surface area (Å²) >= 11 is 3.88. The summed E-state index contributed by atoms with van der Waals surface area (Å²) in [5.74, 6) is 0.211. The van der Waals surface area contributed by atoms with Crippen LogP contribution in [0.1, 0.15) is 34.9 Å². The summed E-state index contributed by atoms with van der Waals surface area (Å²) < 4.78 is 1.12. The fraction of sp³-hybridized carbons (Fsp3) is 0.238. The number of hydrogen-bond donors (Lipinski definition) is 1. The molecule has 2 aromatic rings. The first-order chi connectivity index (χ1) is 13.0. The van der Waals surface area contributed by atoms with Gasteiger partial charge in [0.1, 0.15) is 5.82 Å². The number of rotatable bonds is 2.